The molecule has 0 fully saturated rings. The van der Waals surface area contributed by atoms with E-state index in [4.69, 9.17) is 0 Å². The predicted molar refractivity (Wildman–Crippen MR) is 539 cm³/mol. The maximum atomic E-state index is 4.11. The van der Waals surface area contributed by atoms with Crippen molar-refractivity contribution >= 4 is 117 Å². The Balaban J connectivity index is 0.000000151. The van der Waals surface area contributed by atoms with Crippen LogP contribution < -0.4 is 94.0 Å². The maximum Gasteiger partial charge on any atom is 0.169 e. The number of hydrogen-bond acceptors (Lipinski definition) is 9. The largest absolute Gasteiger partial charge is 1.00 e. The van der Waals surface area contributed by atoms with E-state index in [2.05, 4.69) is 461 Å². The van der Waals surface area contributed by atoms with E-state index < -0.39 is 0 Å². The minimum atomic E-state index is 0. The van der Waals surface area contributed by atoms with E-state index in [1.54, 1.807) is 24.8 Å². The van der Waals surface area contributed by atoms with E-state index in [0.717, 1.165) is 88.5 Å². The molecular formula is C114H109Br5N12. The molecule has 0 N–H and O–H groups in total. The molecule has 9 heterocycles. The Morgan fingerprint density at radius 3 is 0.656 bits per heavy atom. The SMILES string of the molecule is BrCCCCN1c2ccccc2N(c2ccccc2)c2ccccc21.BrCCCc1ccccc1.[Br-].[Br-].[Br-].c1cc(-c2ccncc2)ccn1.c1ccc(CCC[n+]2ccc(-c3cc[n+](CCCCN4c5ccccc5N(c5ccccc5)c5ccccc54)cc3)cc2)cc1.c1ccc(N2c3ccccc3N(CCCC[n+]3ccc(-c4ccncc4)cc3)c3ccccc32)cc1. The van der Waals surface area contributed by atoms with Crippen molar-refractivity contribution in [3.63, 3.8) is 0 Å². The summed E-state index contributed by atoms with van der Waals surface area (Å²) in [6.45, 7) is 6.02. The van der Waals surface area contributed by atoms with Gasteiger partial charge in [-0.3, -0.25) is 15.0 Å². The Hall–Kier alpha value is -12.5. The van der Waals surface area contributed by atoms with Crippen LogP contribution in [0.5, 0.6) is 0 Å². The molecule has 0 amide bonds. The number of nitrogens with zero attached hydrogens (tertiary/aromatic N) is 12. The Bertz CT molecular complexity index is 6030. The number of pyridine rings is 6. The number of aryl methyl sites for hydroxylation is 5. The van der Waals surface area contributed by atoms with Crippen LogP contribution in [0.4, 0.5) is 85.3 Å². The van der Waals surface area contributed by atoms with Gasteiger partial charge in [-0.25, -0.2) is 13.7 Å². The van der Waals surface area contributed by atoms with Crippen LogP contribution in [-0.4, -0.2) is 45.2 Å². The van der Waals surface area contributed by atoms with E-state index in [-0.39, 0.29) is 50.9 Å². The lowest BCUT2D eigenvalue weighted by Gasteiger charge is -2.40. The number of unbranched alkanes of at least 4 members (excludes halogenated alkanes) is 3. The molecule has 660 valence electrons. The standard InChI is InChI=1S/C41H40N4.C32H29N4.C22H21BrN2.C10H8N2.C9H11Br.3BrH/c1-3-14-34(15-4-1)16-13-28-43-32-25-36(26-33-43)35-23-30-42(31-24-35)27-11-12-29-44-38-19-7-9-21-40(38)45(37-17-5-2-6-18-37)41-22-10-8-20-39(41)44;1-2-10-28(11-3-1)36-31-14-6-4-12-29(31)35(30-13-5-7-15-32(30)36)23-9-8-22-34-24-18-27(19-25-34)26-16-20-33-21-17-26;23-16-8-9-17-24-19-12-4-6-14-21(19)25(18-10-2-1-3-11-18)22-15-7-5-13-20(22)24;1-5-11-6-2-9(1)10-3-7-12-8-4-10;10-8-4-7-9-5-2-1-3-6-9;;;/h1-10,14-15,17-26,30-33H,11-13,16,27-29H2;1-7,10-21,24-25H,8-9,22-23H2;1-7,10-15H,8-9,16-17H2;1-8H;1-3,5-6H,4,7-8H2;3*1H/q+2;+1;;;;;;/p-3. The van der Waals surface area contributed by atoms with Crippen LogP contribution in [0.15, 0.2) is 444 Å². The van der Waals surface area contributed by atoms with E-state index in [9.17, 15) is 0 Å². The van der Waals surface area contributed by atoms with Crippen molar-refractivity contribution in [1.29, 1.82) is 0 Å². The van der Waals surface area contributed by atoms with Gasteiger partial charge in [0, 0.05) is 140 Å². The van der Waals surface area contributed by atoms with Crippen LogP contribution in [0.2, 0.25) is 0 Å². The zero-order valence-electron chi connectivity index (χ0n) is 73.6. The summed E-state index contributed by atoms with van der Waals surface area (Å²) in [7, 11) is 0. The third-order valence-corrected chi connectivity index (χ3v) is 24.4. The Kier molecular flexibility index (Phi) is 37.1. The number of anilines is 15. The summed E-state index contributed by atoms with van der Waals surface area (Å²) in [6, 6.07) is 131. The molecule has 0 bridgehead atoms. The van der Waals surface area contributed by atoms with Crippen LogP contribution in [0.25, 0.3) is 33.4 Å². The number of rotatable bonds is 27. The third-order valence-electron chi connectivity index (χ3n) is 23.3. The van der Waals surface area contributed by atoms with E-state index >= 15 is 0 Å². The van der Waals surface area contributed by atoms with Gasteiger partial charge in [-0.1, -0.05) is 220 Å². The first-order valence-electron chi connectivity index (χ1n) is 44.8. The van der Waals surface area contributed by atoms with Crippen LogP contribution >= 0.6 is 31.9 Å². The highest BCUT2D eigenvalue weighted by atomic mass is 79.9. The second-order valence-corrected chi connectivity index (χ2v) is 33.3. The van der Waals surface area contributed by atoms with Crippen molar-refractivity contribution in [2.45, 2.75) is 83.8 Å². The number of fused-ring (bicyclic) bond motifs is 6. The summed E-state index contributed by atoms with van der Waals surface area (Å²) in [5, 5.41) is 2.15. The molecule has 0 atom stereocenters. The summed E-state index contributed by atoms with van der Waals surface area (Å²) in [5.41, 5.74) is 28.7. The van der Waals surface area contributed by atoms with Gasteiger partial charge in [-0.15, -0.1) is 0 Å². The fraction of sp³-hybridized carbons (Fsp3) is 0.158. The second-order valence-electron chi connectivity index (χ2n) is 31.8. The number of halogens is 5. The normalized spacial score (nSPS) is 11.6. The molecule has 0 radical (unpaired) electrons. The molecule has 17 aromatic rings. The number of para-hydroxylation sites is 15. The van der Waals surface area contributed by atoms with Gasteiger partial charge in [0.2, 0.25) is 0 Å². The molecule has 12 nitrogen and oxygen atoms in total. The smallest absolute Gasteiger partial charge is 0.169 e. The van der Waals surface area contributed by atoms with Crippen molar-refractivity contribution in [1.82, 2.24) is 15.0 Å². The summed E-state index contributed by atoms with van der Waals surface area (Å²) in [4.78, 5) is 26.6. The molecule has 6 aromatic heterocycles. The minimum absolute atomic E-state index is 0. The molecule has 131 heavy (non-hydrogen) atoms. The molecule has 0 unspecified atom stereocenters. The molecule has 3 aliphatic rings. The second kappa shape index (κ2) is 50.6. The van der Waals surface area contributed by atoms with Crippen LogP contribution in [0, 0.1) is 0 Å². The monoisotopic (exact) mass is 2040 g/mol. The summed E-state index contributed by atoms with van der Waals surface area (Å²) in [5.74, 6) is 0. The quantitative estimate of drug-likeness (QED) is 0.0284. The Morgan fingerprint density at radius 2 is 0.405 bits per heavy atom. The highest BCUT2D eigenvalue weighted by molar-refractivity contribution is 9.09. The average Bonchev–Trinajstić information content (AvgIpc) is 0.754. The lowest BCUT2D eigenvalue weighted by molar-refractivity contribution is -0.697. The van der Waals surface area contributed by atoms with E-state index in [0.29, 0.717) is 0 Å². The van der Waals surface area contributed by atoms with Gasteiger partial charge >= 0.3 is 0 Å². The van der Waals surface area contributed by atoms with Crippen molar-refractivity contribution in [2.24, 2.45) is 0 Å². The predicted octanol–water partition coefficient (Wildman–Crippen LogP) is 19.4. The zero-order chi connectivity index (χ0) is 86.9. The highest BCUT2D eigenvalue weighted by Crippen LogP contribution is 2.54. The lowest BCUT2D eigenvalue weighted by atomic mass is 10.1. The van der Waals surface area contributed by atoms with Gasteiger partial charge in [0.1, 0.15) is 19.6 Å². The third kappa shape index (κ3) is 25.4. The van der Waals surface area contributed by atoms with Crippen LogP contribution in [-0.2, 0) is 32.5 Å². The zero-order valence-corrected chi connectivity index (χ0v) is 81.6. The highest BCUT2D eigenvalue weighted by Gasteiger charge is 2.32. The first-order chi connectivity index (χ1) is 63.5. The van der Waals surface area contributed by atoms with Gasteiger partial charge in [0.25, 0.3) is 0 Å². The summed E-state index contributed by atoms with van der Waals surface area (Å²) in [6.07, 6.45) is 35.5. The van der Waals surface area contributed by atoms with E-state index in [1.807, 2.05) is 48.8 Å². The van der Waals surface area contributed by atoms with Crippen LogP contribution in [0.3, 0.4) is 0 Å². The number of alkyl halides is 2. The Morgan fingerprint density at radius 1 is 0.198 bits per heavy atom. The summed E-state index contributed by atoms with van der Waals surface area (Å²) >= 11 is 6.96. The fourth-order valence-corrected chi connectivity index (χ4v) is 17.6. The molecule has 11 aromatic carbocycles. The van der Waals surface area contributed by atoms with Gasteiger partial charge in [0.15, 0.2) is 37.2 Å². The van der Waals surface area contributed by atoms with Gasteiger partial charge in [0.05, 0.1) is 68.2 Å². The fourth-order valence-electron chi connectivity index (χ4n) is 16.9. The molecule has 17 heteroatoms. The van der Waals surface area contributed by atoms with Crippen molar-refractivity contribution in [2.75, 3.05) is 59.7 Å². The summed E-state index contributed by atoms with van der Waals surface area (Å²) < 4.78 is 6.87. The van der Waals surface area contributed by atoms with Gasteiger partial charge in [-0.05, 0) is 235 Å². The van der Waals surface area contributed by atoms with Gasteiger partial charge < -0.3 is 80.3 Å². The van der Waals surface area contributed by atoms with Crippen molar-refractivity contribution in [3.05, 3.63) is 456 Å². The minimum Gasteiger partial charge on any atom is -1.00 e. The number of benzene rings is 11. The molecule has 0 saturated carbocycles. The average molecular weight is 2050 g/mol. The molecule has 0 aliphatic carbocycles. The number of aromatic nitrogens is 6. The van der Waals surface area contributed by atoms with Crippen molar-refractivity contribution in [3.8, 4) is 33.4 Å². The topological polar surface area (TPSA) is 69.8 Å². The lowest BCUT2D eigenvalue weighted by Crippen LogP contribution is -3.00. The first kappa shape index (κ1) is 96.1. The molecule has 0 spiro atoms. The first-order valence-corrected chi connectivity index (χ1v) is 47.1. The van der Waals surface area contributed by atoms with Gasteiger partial charge in [-0.2, -0.15) is 0 Å². The molecular weight excluding hydrogens is 1940 g/mol. The Labute approximate surface area is 822 Å². The maximum absolute atomic E-state index is 4.11. The van der Waals surface area contributed by atoms with Crippen molar-refractivity contribution < 1.29 is 64.6 Å². The molecule has 20 rings (SSSR count). The van der Waals surface area contributed by atoms with Crippen LogP contribution in [0.1, 0.15) is 62.5 Å². The number of hydrogen-bond donors (Lipinski definition) is 0. The van der Waals surface area contributed by atoms with E-state index in [1.165, 1.54) is 156 Å². The molecule has 0 saturated heterocycles. The molecule has 3 aliphatic heterocycles.